The average molecular weight is 226 g/mol. The summed E-state index contributed by atoms with van der Waals surface area (Å²) in [6.07, 6.45) is 3.23. The zero-order valence-corrected chi connectivity index (χ0v) is 9.88. The van der Waals surface area contributed by atoms with Gasteiger partial charge in [0.05, 0.1) is 26.1 Å². The number of rotatable bonds is 6. The molecule has 1 rings (SSSR count). The molecule has 0 aromatic carbocycles. The predicted octanol–water partition coefficient (Wildman–Crippen LogP) is -0.105. The average Bonchev–Trinajstić information content (AvgIpc) is 2.29. The summed E-state index contributed by atoms with van der Waals surface area (Å²) in [7, 11) is 5.09. The Hall–Kier alpha value is -1.40. The Morgan fingerprint density at radius 1 is 1.44 bits per heavy atom. The molecule has 2 N–H and O–H groups in total. The van der Waals surface area contributed by atoms with Crippen molar-refractivity contribution in [3.05, 3.63) is 12.4 Å². The summed E-state index contributed by atoms with van der Waals surface area (Å²) >= 11 is 0. The number of hydrogen-bond acceptors (Lipinski definition) is 6. The Morgan fingerprint density at radius 3 is 2.81 bits per heavy atom. The molecule has 1 heterocycles. The van der Waals surface area contributed by atoms with Gasteiger partial charge in [-0.2, -0.15) is 4.98 Å². The van der Waals surface area contributed by atoms with Crippen molar-refractivity contribution in [2.45, 2.75) is 6.04 Å². The van der Waals surface area contributed by atoms with Crippen molar-refractivity contribution in [3.63, 3.8) is 0 Å². The van der Waals surface area contributed by atoms with Crippen LogP contribution in [0.15, 0.2) is 12.4 Å². The molecule has 0 fully saturated rings. The lowest BCUT2D eigenvalue weighted by molar-refractivity contribution is 0.181. The summed E-state index contributed by atoms with van der Waals surface area (Å²) in [6, 6.07) is -0.0528. The highest BCUT2D eigenvalue weighted by Crippen LogP contribution is 2.11. The molecular weight excluding hydrogens is 208 g/mol. The maximum absolute atomic E-state index is 5.85. The van der Waals surface area contributed by atoms with E-state index in [4.69, 9.17) is 15.2 Å². The van der Waals surface area contributed by atoms with Crippen LogP contribution in [0.1, 0.15) is 0 Å². The summed E-state index contributed by atoms with van der Waals surface area (Å²) in [5.74, 6) is 1.22. The van der Waals surface area contributed by atoms with Crippen molar-refractivity contribution < 1.29 is 9.47 Å². The van der Waals surface area contributed by atoms with Gasteiger partial charge in [-0.3, -0.25) is 4.98 Å². The Kier molecular flexibility index (Phi) is 4.94. The fourth-order valence-electron chi connectivity index (χ4n) is 1.33. The number of hydrogen-bond donors (Lipinski definition) is 1. The lowest BCUT2D eigenvalue weighted by atomic mass is 10.3. The summed E-state index contributed by atoms with van der Waals surface area (Å²) in [6.45, 7) is 1.16. The van der Waals surface area contributed by atoms with Crippen LogP contribution in [0, 0.1) is 0 Å². The molecule has 0 aliphatic heterocycles. The molecule has 0 saturated carbocycles. The van der Waals surface area contributed by atoms with E-state index in [1.807, 2.05) is 11.9 Å². The normalized spacial score (nSPS) is 12.2. The SMILES string of the molecule is COCC(N)CN(C)c1cncc(OC)n1. The highest BCUT2D eigenvalue weighted by Gasteiger charge is 2.09. The van der Waals surface area contributed by atoms with Gasteiger partial charge in [-0.05, 0) is 0 Å². The molecule has 0 amide bonds. The number of anilines is 1. The first-order valence-electron chi connectivity index (χ1n) is 4.99. The quantitative estimate of drug-likeness (QED) is 0.730. The van der Waals surface area contributed by atoms with Crippen LogP contribution in [0.4, 0.5) is 5.82 Å². The Morgan fingerprint density at radius 2 is 2.19 bits per heavy atom. The second-order valence-corrected chi connectivity index (χ2v) is 3.52. The molecule has 1 unspecified atom stereocenters. The molecule has 0 aliphatic carbocycles. The van der Waals surface area contributed by atoms with Gasteiger partial charge in [-0.15, -0.1) is 0 Å². The van der Waals surface area contributed by atoms with Crippen molar-refractivity contribution in [2.75, 3.05) is 39.3 Å². The van der Waals surface area contributed by atoms with Crippen LogP contribution in [0.25, 0.3) is 0 Å². The summed E-state index contributed by atoms with van der Waals surface area (Å²) < 4.78 is 9.97. The van der Waals surface area contributed by atoms with E-state index in [2.05, 4.69) is 9.97 Å². The molecular formula is C10H18N4O2. The van der Waals surface area contributed by atoms with E-state index >= 15 is 0 Å². The lowest BCUT2D eigenvalue weighted by Crippen LogP contribution is -2.38. The Bertz CT molecular complexity index is 321. The smallest absolute Gasteiger partial charge is 0.233 e. The van der Waals surface area contributed by atoms with Gasteiger partial charge in [-0.25, -0.2) is 0 Å². The standard InChI is InChI=1S/C10H18N4O2/c1-14(6-8(11)7-15-2)9-4-12-5-10(13-9)16-3/h4-5,8H,6-7,11H2,1-3H3. The van der Waals surface area contributed by atoms with E-state index in [0.717, 1.165) is 5.82 Å². The fourth-order valence-corrected chi connectivity index (χ4v) is 1.33. The van der Waals surface area contributed by atoms with E-state index in [0.29, 0.717) is 19.0 Å². The first kappa shape index (κ1) is 12.7. The van der Waals surface area contributed by atoms with Gasteiger partial charge in [0.25, 0.3) is 0 Å². The topological polar surface area (TPSA) is 73.5 Å². The molecule has 0 radical (unpaired) electrons. The van der Waals surface area contributed by atoms with Gasteiger partial charge in [-0.1, -0.05) is 0 Å². The first-order chi connectivity index (χ1) is 7.67. The molecule has 1 aromatic heterocycles. The molecule has 0 aliphatic rings. The van der Waals surface area contributed by atoms with Gasteiger partial charge in [0.2, 0.25) is 5.88 Å². The van der Waals surface area contributed by atoms with E-state index in [9.17, 15) is 0 Å². The van der Waals surface area contributed by atoms with E-state index in [-0.39, 0.29) is 6.04 Å². The summed E-state index contributed by atoms with van der Waals surface area (Å²) in [4.78, 5) is 10.2. The minimum Gasteiger partial charge on any atom is -0.480 e. The van der Waals surface area contributed by atoms with Crippen LogP contribution in [0.3, 0.4) is 0 Å². The maximum Gasteiger partial charge on any atom is 0.233 e. The summed E-state index contributed by atoms with van der Waals surface area (Å²) in [5, 5.41) is 0. The fraction of sp³-hybridized carbons (Fsp3) is 0.600. The number of nitrogens with zero attached hydrogens (tertiary/aromatic N) is 3. The molecule has 1 aromatic rings. The molecule has 16 heavy (non-hydrogen) atoms. The van der Waals surface area contributed by atoms with Gasteiger partial charge in [0.15, 0.2) is 5.82 Å². The number of likely N-dealkylation sites (N-methyl/N-ethyl adjacent to an activating group) is 1. The van der Waals surface area contributed by atoms with Crippen LogP contribution in [0.2, 0.25) is 0 Å². The molecule has 0 bridgehead atoms. The van der Waals surface area contributed by atoms with Gasteiger partial charge >= 0.3 is 0 Å². The second-order valence-electron chi connectivity index (χ2n) is 3.52. The highest BCUT2D eigenvalue weighted by atomic mass is 16.5. The zero-order valence-electron chi connectivity index (χ0n) is 9.88. The van der Waals surface area contributed by atoms with Gasteiger partial charge < -0.3 is 20.1 Å². The molecule has 6 heteroatoms. The highest BCUT2D eigenvalue weighted by molar-refractivity contribution is 5.36. The third-order valence-corrected chi connectivity index (χ3v) is 2.09. The van der Waals surface area contributed by atoms with Crippen molar-refractivity contribution in [3.8, 4) is 5.88 Å². The van der Waals surface area contributed by atoms with Crippen LogP contribution in [0.5, 0.6) is 5.88 Å². The van der Waals surface area contributed by atoms with Crippen LogP contribution in [-0.2, 0) is 4.74 Å². The number of nitrogens with two attached hydrogens (primary N) is 1. The molecule has 0 saturated heterocycles. The number of ether oxygens (including phenoxy) is 2. The Balaban J connectivity index is 2.61. The third kappa shape index (κ3) is 3.63. The maximum atomic E-state index is 5.85. The molecule has 90 valence electrons. The van der Waals surface area contributed by atoms with Crippen molar-refractivity contribution in [2.24, 2.45) is 5.73 Å². The summed E-state index contributed by atoms with van der Waals surface area (Å²) in [5.41, 5.74) is 5.85. The van der Waals surface area contributed by atoms with Crippen LogP contribution >= 0.6 is 0 Å². The van der Waals surface area contributed by atoms with Crippen LogP contribution < -0.4 is 15.4 Å². The zero-order chi connectivity index (χ0) is 12.0. The molecule has 0 spiro atoms. The van der Waals surface area contributed by atoms with Gasteiger partial charge in [0.1, 0.15) is 0 Å². The van der Waals surface area contributed by atoms with E-state index in [1.54, 1.807) is 26.6 Å². The minimum absolute atomic E-state index is 0.0528. The number of aromatic nitrogens is 2. The first-order valence-corrected chi connectivity index (χ1v) is 4.99. The van der Waals surface area contributed by atoms with E-state index < -0.39 is 0 Å². The lowest BCUT2D eigenvalue weighted by Gasteiger charge is -2.21. The molecule has 6 nitrogen and oxygen atoms in total. The monoisotopic (exact) mass is 226 g/mol. The van der Waals surface area contributed by atoms with E-state index in [1.165, 1.54) is 0 Å². The van der Waals surface area contributed by atoms with Crippen molar-refractivity contribution in [1.82, 2.24) is 9.97 Å². The van der Waals surface area contributed by atoms with Crippen molar-refractivity contribution in [1.29, 1.82) is 0 Å². The largest absolute Gasteiger partial charge is 0.480 e. The predicted molar refractivity (Wildman–Crippen MR) is 61.7 cm³/mol. The van der Waals surface area contributed by atoms with Crippen LogP contribution in [-0.4, -0.2) is 50.4 Å². The number of methoxy groups -OCH3 is 2. The van der Waals surface area contributed by atoms with Gasteiger partial charge in [0, 0.05) is 26.7 Å². The molecule has 1 atom stereocenters. The third-order valence-electron chi connectivity index (χ3n) is 2.09. The van der Waals surface area contributed by atoms with Crippen molar-refractivity contribution >= 4 is 5.82 Å². The second kappa shape index (κ2) is 6.24. The minimum atomic E-state index is -0.0528. The Labute approximate surface area is 95.4 Å².